The summed E-state index contributed by atoms with van der Waals surface area (Å²) in [5.74, 6) is 0.883. The molecule has 0 saturated heterocycles. The third kappa shape index (κ3) is 2.05. The van der Waals surface area contributed by atoms with E-state index in [2.05, 4.69) is 16.9 Å². The standard InChI is InChI=1S/C8H15N3/c1-3-4-7-5-10-8(11-7)6(2)9/h5-6H,3-4,9H2,1-2H3,(H,10,11). The number of aryl methyl sites for hydroxylation is 1. The van der Waals surface area contributed by atoms with Gasteiger partial charge in [0.25, 0.3) is 0 Å². The Labute approximate surface area is 67.0 Å². The zero-order valence-electron chi connectivity index (χ0n) is 7.09. The van der Waals surface area contributed by atoms with Gasteiger partial charge in [-0.3, -0.25) is 0 Å². The molecule has 0 aliphatic carbocycles. The van der Waals surface area contributed by atoms with E-state index in [1.165, 1.54) is 5.69 Å². The smallest absolute Gasteiger partial charge is 0.122 e. The van der Waals surface area contributed by atoms with Gasteiger partial charge in [0.05, 0.1) is 6.04 Å². The molecule has 0 aliphatic rings. The first kappa shape index (κ1) is 8.27. The van der Waals surface area contributed by atoms with Gasteiger partial charge in [-0.15, -0.1) is 0 Å². The van der Waals surface area contributed by atoms with Crippen LogP contribution in [0.25, 0.3) is 0 Å². The topological polar surface area (TPSA) is 54.7 Å². The largest absolute Gasteiger partial charge is 0.345 e. The average Bonchev–Trinajstić information content (AvgIpc) is 2.37. The minimum atomic E-state index is 0.0145. The Bertz CT molecular complexity index is 215. The number of aromatic amines is 1. The van der Waals surface area contributed by atoms with Crippen LogP contribution in [0.1, 0.15) is 37.8 Å². The van der Waals surface area contributed by atoms with E-state index in [0.717, 1.165) is 18.7 Å². The summed E-state index contributed by atoms with van der Waals surface area (Å²) in [5.41, 5.74) is 6.81. The number of rotatable bonds is 3. The third-order valence-corrected chi connectivity index (χ3v) is 1.60. The number of imidazole rings is 1. The van der Waals surface area contributed by atoms with Crippen LogP contribution in [0, 0.1) is 0 Å². The van der Waals surface area contributed by atoms with Crippen LogP contribution in [-0.4, -0.2) is 9.97 Å². The number of nitrogens with zero attached hydrogens (tertiary/aromatic N) is 1. The first-order valence-electron chi connectivity index (χ1n) is 4.03. The first-order chi connectivity index (χ1) is 5.24. The van der Waals surface area contributed by atoms with Crippen LogP contribution in [0.4, 0.5) is 0 Å². The molecule has 0 radical (unpaired) electrons. The fourth-order valence-electron chi connectivity index (χ4n) is 1.00. The predicted octanol–water partition coefficient (Wildman–Crippen LogP) is 1.38. The normalized spacial score (nSPS) is 13.4. The first-order valence-corrected chi connectivity index (χ1v) is 4.03. The second-order valence-corrected chi connectivity index (χ2v) is 2.83. The predicted molar refractivity (Wildman–Crippen MR) is 45.2 cm³/mol. The fraction of sp³-hybridized carbons (Fsp3) is 0.625. The van der Waals surface area contributed by atoms with Crippen LogP contribution in [0.2, 0.25) is 0 Å². The van der Waals surface area contributed by atoms with Crippen LogP contribution < -0.4 is 5.73 Å². The summed E-state index contributed by atoms with van der Waals surface area (Å²) >= 11 is 0. The molecule has 0 spiro atoms. The van der Waals surface area contributed by atoms with E-state index >= 15 is 0 Å². The molecule has 1 atom stereocenters. The maximum Gasteiger partial charge on any atom is 0.122 e. The summed E-state index contributed by atoms with van der Waals surface area (Å²) in [4.78, 5) is 7.33. The van der Waals surface area contributed by atoms with Gasteiger partial charge in [0.15, 0.2) is 0 Å². The number of nitrogens with one attached hydrogen (secondary N) is 1. The summed E-state index contributed by atoms with van der Waals surface area (Å²) in [6.45, 7) is 4.07. The molecule has 0 aliphatic heterocycles. The van der Waals surface area contributed by atoms with Gasteiger partial charge in [0.1, 0.15) is 5.82 Å². The molecule has 1 rings (SSSR count). The molecule has 62 valence electrons. The molecular weight excluding hydrogens is 138 g/mol. The highest BCUT2D eigenvalue weighted by atomic mass is 14.9. The number of aromatic nitrogens is 2. The van der Waals surface area contributed by atoms with Crippen LogP contribution in [0.15, 0.2) is 6.20 Å². The number of H-pyrrole nitrogens is 1. The van der Waals surface area contributed by atoms with E-state index in [1.807, 2.05) is 13.1 Å². The maximum atomic E-state index is 5.63. The molecule has 0 saturated carbocycles. The Morgan fingerprint density at radius 3 is 2.91 bits per heavy atom. The molecule has 1 heterocycles. The van der Waals surface area contributed by atoms with Crippen LogP contribution in [0.5, 0.6) is 0 Å². The summed E-state index contributed by atoms with van der Waals surface area (Å²) < 4.78 is 0. The zero-order valence-corrected chi connectivity index (χ0v) is 7.09. The minimum Gasteiger partial charge on any atom is -0.345 e. The zero-order chi connectivity index (χ0) is 8.27. The van der Waals surface area contributed by atoms with E-state index in [4.69, 9.17) is 5.73 Å². The molecular formula is C8H15N3. The van der Waals surface area contributed by atoms with Crippen molar-refractivity contribution in [2.24, 2.45) is 5.73 Å². The van der Waals surface area contributed by atoms with E-state index in [0.29, 0.717) is 0 Å². The van der Waals surface area contributed by atoms with Crippen LogP contribution in [0.3, 0.4) is 0 Å². The number of hydrogen-bond acceptors (Lipinski definition) is 2. The van der Waals surface area contributed by atoms with Gasteiger partial charge in [-0.05, 0) is 13.3 Å². The molecule has 0 amide bonds. The van der Waals surface area contributed by atoms with Gasteiger partial charge in [-0.25, -0.2) is 4.98 Å². The lowest BCUT2D eigenvalue weighted by Gasteiger charge is -1.97. The van der Waals surface area contributed by atoms with E-state index in [9.17, 15) is 0 Å². The quantitative estimate of drug-likeness (QED) is 0.689. The highest BCUT2D eigenvalue weighted by molar-refractivity contribution is 5.03. The van der Waals surface area contributed by atoms with Crippen LogP contribution >= 0.6 is 0 Å². The van der Waals surface area contributed by atoms with Crippen molar-refractivity contribution in [2.45, 2.75) is 32.7 Å². The minimum absolute atomic E-state index is 0.0145. The van der Waals surface area contributed by atoms with E-state index in [1.54, 1.807) is 0 Å². The lowest BCUT2D eigenvalue weighted by atomic mass is 10.3. The summed E-state index contributed by atoms with van der Waals surface area (Å²) in [6.07, 6.45) is 4.06. The molecule has 0 aromatic carbocycles. The van der Waals surface area contributed by atoms with Gasteiger partial charge >= 0.3 is 0 Å². The highest BCUT2D eigenvalue weighted by Gasteiger charge is 2.02. The second-order valence-electron chi connectivity index (χ2n) is 2.83. The van der Waals surface area contributed by atoms with Crippen molar-refractivity contribution in [3.05, 3.63) is 17.7 Å². The molecule has 3 N–H and O–H groups in total. The summed E-state index contributed by atoms with van der Waals surface area (Å²) in [6, 6.07) is 0.0145. The molecule has 11 heavy (non-hydrogen) atoms. The van der Waals surface area contributed by atoms with Crippen molar-refractivity contribution in [1.82, 2.24) is 9.97 Å². The Morgan fingerprint density at radius 1 is 1.73 bits per heavy atom. The molecule has 3 nitrogen and oxygen atoms in total. The van der Waals surface area contributed by atoms with Gasteiger partial charge in [0, 0.05) is 11.9 Å². The maximum absolute atomic E-state index is 5.63. The molecule has 3 heteroatoms. The highest BCUT2D eigenvalue weighted by Crippen LogP contribution is 2.05. The van der Waals surface area contributed by atoms with Crippen molar-refractivity contribution >= 4 is 0 Å². The Morgan fingerprint density at radius 2 is 2.45 bits per heavy atom. The second kappa shape index (κ2) is 3.53. The van der Waals surface area contributed by atoms with Gasteiger partial charge in [-0.2, -0.15) is 0 Å². The molecule has 1 aromatic heterocycles. The lowest BCUT2D eigenvalue weighted by Crippen LogP contribution is -2.06. The summed E-state index contributed by atoms with van der Waals surface area (Å²) in [5, 5.41) is 0. The third-order valence-electron chi connectivity index (χ3n) is 1.60. The van der Waals surface area contributed by atoms with Crippen molar-refractivity contribution in [2.75, 3.05) is 0 Å². The van der Waals surface area contributed by atoms with Crippen molar-refractivity contribution in [3.8, 4) is 0 Å². The van der Waals surface area contributed by atoms with Crippen LogP contribution in [-0.2, 0) is 6.42 Å². The molecule has 0 bridgehead atoms. The van der Waals surface area contributed by atoms with Gasteiger partial charge < -0.3 is 10.7 Å². The lowest BCUT2D eigenvalue weighted by molar-refractivity contribution is 0.749. The van der Waals surface area contributed by atoms with Crippen molar-refractivity contribution in [3.63, 3.8) is 0 Å². The number of nitrogens with two attached hydrogens (primary N) is 1. The Kier molecular flexibility index (Phi) is 2.65. The SMILES string of the molecule is CCCc1cnc(C(C)N)[nH]1. The fourth-order valence-corrected chi connectivity index (χ4v) is 1.00. The van der Waals surface area contributed by atoms with E-state index < -0.39 is 0 Å². The monoisotopic (exact) mass is 153 g/mol. The molecule has 1 unspecified atom stereocenters. The average molecular weight is 153 g/mol. The van der Waals surface area contributed by atoms with Gasteiger partial charge in [0.2, 0.25) is 0 Å². The Balaban J connectivity index is 2.66. The number of hydrogen-bond donors (Lipinski definition) is 2. The molecule has 0 fully saturated rings. The summed E-state index contributed by atoms with van der Waals surface area (Å²) in [7, 11) is 0. The molecule has 1 aromatic rings. The van der Waals surface area contributed by atoms with Crippen molar-refractivity contribution in [1.29, 1.82) is 0 Å². The Hall–Kier alpha value is -0.830. The van der Waals surface area contributed by atoms with Crippen molar-refractivity contribution < 1.29 is 0 Å². The van der Waals surface area contributed by atoms with E-state index in [-0.39, 0.29) is 6.04 Å². The van der Waals surface area contributed by atoms with Gasteiger partial charge in [-0.1, -0.05) is 13.3 Å².